The third kappa shape index (κ3) is 3.16. The van der Waals surface area contributed by atoms with Gasteiger partial charge in [0.05, 0.1) is 34.7 Å². The van der Waals surface area contributed by atoms with Crippen LogP contribution in [0.4, 0.5) is 22.0 Å². The molecule has 10 heteroatoms. The molecule has 0 aliphatic heterocycles. The molecule has 0 amide bonds. The van der Waals surface area contributed by atoms with Crippen molar-refractivity contribution in [1.29, 1.82) is 0 Å². The molecule has 1 fully saturated rings. The number of alkyl halides is 3. The number of imidazole rings is 1. The number of hydrogen-bond acceptors (Lipinski definition) is 3. The topological polar surface area (TPSA) is 58.9 Å². The van der Waals surface area contributed by atoms with Gasteiger partial charge in [0.15, 0.2) is 11.3 Å². The first kappa shape index (κ1) is 19.8. The summed E-state index contributed by atoms with van der Waals surface area (Å²) in [6.45, 7) is 0. The molecule has 3 aromatic heterocycles. The summed E-state index contributed by atoms with van der Waals surface area (Å²) in [5, 5.41) is 6.42. The number of nitrogens with zero attached hydrogens (tertiary/aromatic N) is 4. The van der Waals surface area contributed by atoms with Crippen molar-refractivity contribution in [3.63, 3.8) is 0 Å². The number of aromatic nitrogens is 5. The summed E-state index contributed by atoms with van der Waals surface area (Å²) in [5.74, 6) is -1.02. The van der Waals surface area contributed by atoms with Crippen LogP contribution in [0.15, 0.2) is 48.9 Å². The maximum Gasteiger partial charge on any atom is 0.435 e. The first-order chi connectivity index (χ1) is 15.8. The van der Waals surface area contributed by atoms with E-state index < -0.39 is 23.4 Å². The average Bonchev–Trinajstić information content (AvgIpc) is 3.37. The third-order valence-corrected chi connectivity index (χ3v) is 5.90. The Kier molecular flexibility index (Phi) is 4.11. The molecule has 166 valence electrons. The number of nitrogens with one attached hydrogen (secondary N) is 1. The zero-order valence-corrected chi connectivity index (χ0v) is 16.8. The Hall–Kier alpha value is -3.82. The van der Waals surface area contributed by atoms with E-state index in [0.717, 1.165) is 12.8 Å². The second kappa shape index (κ2) is 6.84. The molecule has 0 atom stereocenters. The molecule has 0 radical (unpaired) electrons. The molecule has 0 spiro atoms. The van der Waals surface area contributed by atoms with Crippen molar-refractivity contribution < 1.29 is 22.0 Å². The van der Waals surface area contributed by atoms with Gasteiger partial charge < -0.3 is 0 Å². The molecule has 1 aliphatic carbocycles. The number of H-pyrrole nitrogens is 1. The summed E-state index contributed by atoms with van der Waals surface area (Å²) >= 11 is 0. The molecule has 3 heterocycles. The smallest absolute Gasteiger partial charge is 0.295 e. The molecule has 5 nitrogen and oxygen atoms in total. The zero-order valence-electron chi connectivity index (χ0n) is 16.8. The molecular formula is C23H14F5N5. The van der Waals surface area contributed by atoms with Gasteiger partial charge in [0.1, 0.15) is 11.6 Å². The van der Waals surface area contributed by atoms with Gasteiger partial charge in [-0.1, -0.05) is 0 Å². The Balaban J connectivity index is 1.60. The molecule has 0 unspecified atom stereocenters. The molecule has 0 bridgehead atoms. The molecule has 1 saturated carbocycles. The van der Waals surface area contributed by atoms with Crippen LogP contribution in [0.3, 0.4) is 0 Å². The summed E-state index contributed by atoms with van der Waals surface area (Å²) in [5.41, 5.74) is -0.212. The lowest BCUT2D eigenvalue weighted by Crippen LogP contribution is -2.08. The number of aromatic amines is 1. The Morgan fingerprint density at radius 2 is 1.85 bits per heavy atom. The van der Waals surface area contributed by atoms with Crippen LogP contribution in [0, 0.1) is 11.6 Å². The largest absolute Gasteiger partial charge is 0.435 e. The lowest BCUT2D eigenvalue weighted by molar-refractivity contribution is -0.140. The fourth-order valence-electron chi connectivity index (χ4n) is 4.13. The Morgan fingerprint density at radius 1 is 1.03 bits per heavy atom. The number of halogens is 5. The van der Waals surface area contributed by atoms with E-state index in [-0.39, 0.29) is 28.3 Å². The second-order valence-electron chi connectivity index (χ2n) is 8.08. The Labute approximate surface area is 182 Å². The molecule has 6 rings (SSSR count). The van der Waals surface area contributed by atoms with E-state index in [9.17, 15) is 17.6 Å². The molecule has 1 aliphatic rings. The number of rotatable bonds is 3. The van der Waals surface area contributed by atoms with E-state index >= 15 is 4.39 Å². The highest BCUT2D eigenvalue weighted by Gasteiger charge is 2.39. The predicted molar refractivity (Wildman–Crippen MR) is 110 cm³/mol. The normalized spacial score (nSPS) is 14.5. The molecule has 1 N–H and O–H groups in total. The standard InChI is InChI=1S/C23H14F5N5/c24-16-5-3-12(7-14(16)11-1-2-11)18-10-33-19(9-29-18)31-22(23(26,27)28)21(33)13-4-6-17-15(20(13)25)8-30-32-17/h3-11H,1-2H2,(H,30,32). The van der Waals surface area contributed by atoms with E-state index in [2.05, 4.69) is 20.2 Å². The first-order valence-electron chi connectivity index (χ1n) is 10.2. The lowest BCUT2D eigenvalue weighted by Gasteiger charge is -2.11. The van der Waals surface area contributed by atoms with Crippen molar-refractivity contribution in [1.82, 2.24) is 24.6 Å². The minimum atomic E-state index is -4.83. The van der Waals surface area contributed by atoms with Crippen LogP contribution in [0.5, 0.6) is 0 Å². The van der Waals surface area contributed by atoms with Gasteiger partial charge in [0.2, 0.25) is 0 Å². The first-order valence-corrected chi connectivity index (χ1v) is 10.2. The maximum atomic E-state index is 15.3. The summed E-state index contributed by atoms with van der Waals surface area (Å²) in [4.78, 5) is 7.94. The van der Waals surface area contributed by atoms with Crippen LogP contribution in [0.2, 0.25) is 0 Å². The molecular weight excluding hydrogens is 441 g/mol. The van der Waals surface area contributed by atoms with Crippen LogP contribution in [0.25, 0.3) is 39.1 Å². The quantitative estimate of drug-likeness (QED) is 0.334. The summed E-state index contributed by atoms with van der Waals surface area (Å²) in [7, 11) is 0. The van der Waals surface area contributed by atoms with Crippen LogP contribution in [-0.2, 0) is 6.18 Å². The summed E-state index contributed by atoms with van der Waals surface area (Å²) in [6.07, 6.45) is 0.745. The molecule has 33 heavy (non-hydrogen) atoms. The highest BCUT2D eigenvalue weighted by atomic mass is 19.4. The van der Waals surface area contributed by atoms with Gasteiger partial charge >= 0.3 is 6.18 Å². The summed E-state index contributed by atoms with van der Waals surface area (Å²) in [6, 6.07) is 7.24. The van der Waals surface area contributed by atoms with E-state index in [4.69, 9.17) is 0 Å². The summed E-state index contributed by atoms with van der Waals surface area (Å²) < 4.78 is 72.3. The van der Waals surface area contributed by atoms with Crippen molar-refractivity contribution in [2.24, 2.45) is 0 Å². The van der Waals surface area contributed by atoms with Gasteiger partial charge in [-0.05, 0) is 54.7 Å². The van der Waals surface area contributed by atoms with Gasteiger partial charge in [-0.15, -0.1) is 0 Å². The van der Waals surface area contributed by atoms with Gasteiger partial charge in [-0.2, -0.15) is 18.3 Å². The van der Waals surface area contributed by atoms with Crippen molar-refractivity contribution >= 4 is 16.6 Å². The second-order valence-corrected chi connectivity index (χ2v) is 8.08. The van der Waals surface area contributed by atoms with Gasteiger partial charge in [0, 0.05) is 17.3 Å². The fraction of sp³-hybridized carbons (Fsp3) is 0.174. The van der Waals surface area contributed by atoms with Crippen molar-refractivity contribution in [3.05, 3.63) is 71.8 Å². The van der Waals surface area contributed by atoms with E-state index in [1.807, 2.05) is 0 Å². The van der Waals surface area contributed by atoms with Crippen molar-refractivity contribution in [2.75, 3.05) is 0 Å². The van der Waals surface area contributed by atoms with Crippen LogP contribution in [-0.4, -0.2) is 24.6 Å². The highest BCUT2D eigenvalue weighted by molar-refractivity contribution is 5.85. The van der Waals surface area contributed by atoms with Crippen LogP contribution >= 0.6 is 0 Å². The number of benzene rings is 2. The van der Waals surface area contributed by atoms with Gasteiger partial charge in [-0.3, -0.25) is 14.5 Å². The highest BCUT2D eigenvalue weighted by Crippen LogP contribution is 2.43. The fourth-order valence-corrected chi connectivity index (χ4v) is 4.13. The van der Waals surface area contributed by atoms with Crippen LogP contribution in [0.1, 0.15) is 30.0 Å². The van der Waals surface area contributed by atoms with E-state index in [0.29, 0.717) is 22.3 Å². The van der Waals surface area contributed by atoms with Crippen molar-refractivity contribution in [2.45, 2.75) is 24.9 Å². The average molecular weight is 455 g/mol. The minimum absolute atomic E-state index is 0.0671. The Morgan fingerprint density at radius 3 is 2.61 bits per heavy atom. The van der Waals surface area contributed by atoms with Crippen LogP contribution < -0.4 is 0 Å². The third-order valence-electron chi connectivity index (χ3n) is 5.90. The van der Waals surface area contributed by atoms with E-state index in [1.54, 1.807) is 6.07 Å². The zero-order chi connectivity index (χ0) is 22.9. The molecule has 0 saturated heterocycles. The Bertz CT molecular complexity index is 1540. The monoisotopic (exact) mass is 455 g/mol. The number of fused-ring (bicyclic) bond motifs is 2. The molecule has 2 aromatic carbocycles. The SMILES string of the molecule is Fc1ccc(-c2cn3c(-c4ccc5[nH]ncc5c4F)c(C(F)(F)F)nc3cn2)cc1C1CC1. The molecule has 5 aromatic rings. The van der Waals surface area contributed by atoms with Gasteiger partial charge in [-0.25, -0.2) is 13.8 Å². The number of hydrogen-bond donors (Lipinski definition) is 1. The lowest BCUT2D eigenvalue weighted by atomic mass is 10.0. The minimum Gasteiger partial charge on any atom is -0.295 e. The van der Waals surface area contributed by atoms with Crippen molar-refractivity contribution in [3.8, 4) is 22.5 Å². The van der Waals surface area contributed by atoms with Gasteiger partial charge in [0.25, 0.3) is 0 Å². The van der Waals surface area contributed by atoms with E-state index in [1.165, 1.54) is 47.3 Å². The predicted octanol–water partition coefficient (Wildman–Crippen LogP) is 6.11. The maximum absolute atomic E-state index is 15.3.